The molecule has 2 saturated heterocycles. The van der Waals surface area contributed by atoms with Gasteiger partial charge in [0.25, 0.3) is 0 Å². The third-order valence-corrected chi connectivity index (χ3v) is 33.0. The van der Waals surface area contributed by atoms with E-state index in [0.29, 0.717) is 73.4 Å². The molecule has 0 radical (unpaired) electrons. The lowest BCUT2D eigenvalue weighted by Gasteiger charge is -2.59. The van der Waals surface area contributed by atoms with Gasteiger partial charge in [-0.3, -0.25) is 9.59 Å². The van der Waals surface area contributed by atoms with Crippen LogP contribution in [0.1, 0.15) is 161 Å². The second kappa shape index (κ2) is 42.3. The lowest BCUT2D eigenvalue weighted by Crippen LogP contribution is -3.11. The third-order valence-electron chi connectivity index (χ3n) is 28.6. The highest BCUT2D eigenvalue weighted by Gasteiger charge is 2.66. The number of alkyl halides is 4. The molecular weight excluding hydrogens is 1710 g/mol. The summed E-state index contributed by atoms with van der Waals surface area (Å²) in [5.74, 6) is -1.67. The first-order valence-corrected chi connectivity index (χ1v) is 47.2. The number of hydrogen-bond acceptors (Lipinski definition) is 16. The fourth-order valence-corrected chi connectivity index (χ4v) is 26.7. The molecule has 129 heavy (non-hydrogen) atoms. The van der Waals surface area contributed by atoms with Crippen molar-refractivity contribution in [2.24, 2.45) is 82.9 Å². The predicted molar refractivity (Wildman–Crippen MR) is 483 cm³/mol. The Balaban J connectivity index is 0.000000161. The largest absolute Gasteiger partial charge is 1.00 e. The van der Waals surface area contributed by atoms with Crippen molar-refractivity contribution < 1.29 is 111 Å². The monoisotopic (exact) mass is 1830 g/mol. The number of ether oxygens (including phenoxy) is 10. The number of rotatable bonds is 25. The summed E-state index contributed by atoms with van der Waals surface area (Å²) in [4.78, 5) is 80.0. The topological polar surface area (TPSA) is 199 Å². The molecule has 24 heteroatoms. The Morgan fingerprint density at radius 1 is 0.380 bits per heavy atom. The van der Waals surface area contributed by atoms with Crippen LogP contribution < -0.4 is 36.3 Å². The van der Waals surface area contributed by atoms with Crippen LogP contribution in [0.25, 0.3) is 0 Å². The van der Waals surface area contributed by atoms with Crippen LogP contribution >= 0.6 is 0 Å². The number of quaternary nitrogens is 1. The van der Waals surface area contributed by atoms with Crippen molar-refractivity contribution in [2.45, 2.75) is 237 Å². The van der Waals surface area contributed by atoms with Gasteiger partial charge in [0.1, 0.15) is 70.1 Å². The highest BCUT2D eigenvalue weighted by molar-refractivity contribution is 7.97. The van der Waals surface area contributed by atoms with E-state index >= 15 is 0 Å². The van der Waals surface area contributed by atoms with Gasteiger partial charge < -0.3 is 64.7 Å². The van der Waals surface area contributed by atoms with E-state index in [1.807, 2.05) is 72.8 Å². The normalized spacial score (nSPS) is 28.6. The average molecular weight is 1830 g/mol. The Labute approximate surface area is 769 Å². The first-order valence-electron chi connectivity index (χ1n) is 44.7. The number of halogens is 5. The van der Waals surface area contributed by atoms with Crippen molar-refractivity contribution in [2.75, 3.05) is 32.8 Å². The summed E-state index contributed by atoms with van der Waals surface area (Å²) in [7, 11) is -0.391. The summed E-state index contributed by atoms with van der Waals surface area (Å²) >= 11 is 0. The van der Waals surface area contributed by atoms with Crippen LogP contribution in [0.3, 0.4) is 0 Å². The summed E-state index contributed by atoms with van der Waals surface area (Å²) in [5, 5.41) is 0. The van der Waals surface area contributed by atoms with Crippen molar-refractivity contribution in [1.82, 2.24) is 0 Å². The molecule has 12 bridgehead atoms. The summed E-state index contributed by atoms with van der Waals surface area (Å²) in [6.07, 6.45) is 12.7. The van der Waals surface area contributed by atoms with Crippen LogP contribution in [0.4, 0.5) is 17.6 Å². The molecule has 692 valence electrons. The number of carbonyl (C=O) groups is 6. The number of hydrogen-bond donors (Lipinski definition) is 1. The van der Waals surface area contributed by atoms with Crippen molar-refractivity contribution in [3.8, 4) is 34.5 Å². The van der Waals surface area contributed by atoms with Gasteiger partial charge in [-0.15, -0.1) is 0 Å². The number of nitrogens with one attached hydrogen (secondary N) is 1. The number of carbonyl (C=O) groups excluding carboxylic acids is 6. The minimum Gasteiger partial charge on any atom is -1.00 e. The van der Waals surface area contributed by atoms with Crippen LogP contribution in [0.2, 0.25) is 0 Å². The second-order valence-corrected chi connectivity index (χ2v) is 40.6. The van der Waals surface area contributed by atoms with E-state index < -0.39 is 48.2 Å². The molecule has 1 N–H and O–H groups in total. The molecule has 8 aromatic rings. The van der Waals surface area contributed by atoms with Crippen LogP contribution in [-0.2, 0) is 79.0 Å². The lowest BCUT2D eigenvalue weighted by molar-refractivity contribution is -0.894. The molecule has 14 aliphatic rings. The van der Waals surface area contributed by atoms with Crippen LogP contribution in [-0.4, -0.2) is 116 Å². The van der Waals surface area contributed by atoms with Crippen LogP contribution in [0.15, 0.2) is 248 Å². The van der Waals surface area contributed by atoms with Crippen molar-refractivity contribution in [3.63, 3.8) is 0 Å². The second-order valence-electron chi connectivity index (χ2n) is 36.6. The van der Waals surface area contributed by atoms with Gasteiger partial charge in [0.05, 0.1) is 53.3 Å². The highest BCUT2D eigenvalue weighted by atomic mass is 35.5. The zero-order valence-corrected chi connectivity index (χ0v) is 74.7. The summed E-state index contributed by atoms with van der Waals surface area (Å²) < 4.78 is 107. The molecule has 2 heterocycles. The summed E-state index contributed by atoms with van der Waals surface area (Å²) in [5.41, 5.74) is -0.659. The maximum absolute atomic E-state index is 12.8. The molecule has 0 spiro atoms. The molecule has 22 rings (SSSR count). The first kappa shape index (κ1) is 98.5. The van der Waals surface area contributed by atoms with Crippen molar-refractivity contribution in [1.29, 1.82) is 0 Å². The molecule has 2 aliphatic heterocycles. The number of benzene rings is 8. The van der Waals surface area contributed by atoms with E-state index in [2.05, 4.69) is 180 Å². The summed E-state index contributed by atoms with van der Waals surface area (Å²) in [6.45, 7) is 15.7. The number of esters is 6. The lowest BCUT2D eigenvalue weighted by atomic mass is 9.50. The fraction of sp³-hybridized carbons (Fsp3) is 0.486. The quantitative estimate of drug-likeness (QED) is 0.0245. The number of fused-ring (bicyclic) bond motifs is 2. The van der Waals surface area contributed by atoms with Crippen LogP contribution in [0, 0.1) is 82.9 Å². The molecule has 8 aromatic carbocycles. The van der Waals surface area contributed by atoms with Gasteiger partial charge in [-0.25, -0.2) is 19.2 Å². The first-order chi connectivity index (χ1) is 60.2. The average Bonchev–Trinajstić information content (AvgIpc) is 1.64. The van der Waals surface area contributed by atoms with E-state index in [9.17, 15) is 46.3 Å². The molecule has 17 nitrogen and oxygen atoms in total. The standard InChI is InChI=1S/2C37H37O4S.2C11H12F2O4.C6H15N.3CH4.ClH/c2*1-37(28-21-26-20-27(23-28)24-29(37)22-26)41-36(38)25-39-30-12-14-31(15-13-30)40-32-16-18-35(19-17-32)42(33-8-4-2-5-9-33)34-10-6-3-7-11-34;2*1-11(12,13)10(15)17-7-4-2-5-6(3-4)9(14)16-8(5)7;1-4-7(5-2)6-3;;;;/h2*2-19,26-29H,20-25H2,1H3;2*4-8H,2-3H2,1H3;4-6H2,1-3H3;3*1H4;1H/q2*+1;;;;;;;. The van der Waals surface area contributed by atoms with Crippen molar-refractivity contribution in [3.05, 3.63) is 218 Å². The van der Waals surface area contributed by atoms with Crippen molar-refractivity contribution >= 4 is 57.6 Å². The van der Waals surface area contributed by atoms with E-state index in [-0.39, 0.29) is 140 Å². The van der Waals surface area contributed by atoms with E-state index in [1.54, 1.807) is 4.90 Å². The van der Waals surface area contributed by atoms with Gasteiger partial charge in [0.15, 0.2) is 42.6 Å². The zero-order chi connectivity index (χ0) is 87.5. The SMILES string of the molecule is C.C.C.CC(F)(F)C(=O)OC1C2CC3C(=O)OC1C3C2.CC(F)(F)C(=O)OC1C2CC3C(=O)OC1C3C2.CC1(OC(=O)COc2ccc(Oc3ccc([S+](c4ccccc4)c4ccccc4)cc3)cc2)C2CC3CC(C2)CC1C3.CC1(OC(=O)COc2ccc(Oc3ccc([S+](c4ccccc4)c4ccccc4)cc3)cc2)C2CC3CC(C2)CC1C3.CC[NH+](CC)CC.[Cl-]. The van der Waals surface area contributed by atoms with Gasteiger partial charge in [-0.2, -0.15) is 17.6 Å². The highest BCUT2D eigenvalue weighted by Crippen LogP contribution is 2.62. The predicted octanol–water partition coefficient (Wildman–Crippen LogP) is 18.5. The summed E-state index contributed by atoms with van der Waals surface area (Å²) in [6, 6.07) is 73.9. The Morgan fingerprint density at radius 3 is 0.891 bits per heavy atom. The van der Waals surface area contributed by atoms with Gasteiger partial charge >= 0.3 is 47.7 Å². The Morgan fingerprint density at radius 2 is 0.636 bits per heavy atom. The molecule has 12 aliphatic carbocycles. The van der Waals surface area contributed by atoms with Gasteiger partial charge in [0.2, 0.25) is 0 Å². The molecule has 0 aromatic heterocycles. The minimum absolute atomic E-state index is 0. The fourth-order valence-electron chi connectivity index (χ4n) is 22.6. The van der Waals surface area contributed by atoms with E-state index in [0.717, 1.165) is 48.0 Å². The Kier molecular flexibility index (Phi) is 32.3. The van der Waals surface area contributed by atoms with Gasteiger partial charge in [-0.1, -0.05) is 95.1 Å². The molecule has 10 unspecified atom stereocenters. The van der Waals surface area contributed by atoms with E-state index in [4.69, 9.17) is 47.4 Å². The minimum atomic E-state index is -3.50. The Hall–Kier alpha value is -9.55. The smallest absolute Gasteiger partial charge is 0.377 e. The third kappa shape index (κ3) is 22.3. The molecular formula is C105H126ClF4NO16S2+2. The zero-order valence-electron chi connectivity index (χ0n) is 72.4. The van der Waals surface area contributed by atoms with Crippen LogP contribution in [0.5, 0.6) is 34.5 Å². The molecule has 0 amide bonds. The molecule has 10 atom stereocenters. The van der Waals surface area contributed by atoms with Gasteiger partial charge in [-0.05, 0) is 317 Å². The Bertz CT molecular complexity index is 4580. The molecule has 14 fully saturated rings. The maximum Gasteiger partial charge on any atom is 0.377 e. The van der Waals surface area contributed by atoms with E-state index in [1.165, 1.54) is 113 Å². The van der Waals surface area contributed by atoms with Gasteiger partial charge in [0, 0.05) is 37.5 Å². The molecule has 12 saturated carbocycles. The maximum atomic E-state index is 12.8.